The van der Waals surface area contributed by atoms with Gasteiger partial charge in [-0.25, -0.2) is 29.9 Å². The van der Waals surface area contributed by atoms with E-state index in [1.54, 1.807) is 47.0 Å². The summed E-state index contributed by atoms with van der Waals surface area (Å²) in [7, 11) is 0. The molecule has 418 valence electrons. The third kappa shape index (κ3) is 10.9. The molecule has 0 radical (unpaired) electrons. The summed E-state index contributed by atoms with van der Waals surface area (Å²) in [5.41, 5.74) is 10.1. The first-order valence-corrected chi connectivity index (χ1v) is 31.8. The first kappa shape index (κ1) is 55.7. The van der Waals surface area contributed by atoms with Crippen LogP contribution in [0.3, 0.4) is 0 Å². The summed E-state index contributed by atoms with van der Waals surface area (Å²) in [6.45, 7) is 27.2. The van der Waals surface area contributed by atoms with Crippen molar-refractivity contribution in [2.24, 2.45) is 0 Å². The van der Waals surface area contributed by atoms with Gasteiger partial charge in [-0.1, -0.05) is 203 Å². The smallest absolute Gasteiger partial charge is 0.165 e. The number of H-pyrrole nitrogens is 2. The molecule has 84 heavy (non-hydrogen) atoms. The number of aromatic nitrogens is 8. The van der Waals surface area contributed by atoms with Gasteiger partial charge in [-0.3, -0.25) is 0 Å². The van der Waals surface area contributed by atoms with E-state index < -0.39 is 0 Å². The Bertz CT molecular complexity index is 4270. The van der Waals surface area contributed by atoms with E-state index in [0.29, 0.717) is 45.9 Å². The van der Waals surface area contributed by atoms with Gasteiger partial charge in [-0.05, 0) is 141 Å². The van der Waals surface area contributed by atoms with Gasteiger partial charge in [0.15, 0.2) is 23.3 Å². The Morgan fingerprint density at radius 2 is 0.560 bits per heavy atom. The molecule has 3 aromatic heterocycles. The third-order valence-corrected chi connectivity index (χ3v) is 19.6. The van der Waals surface area contributed by atoms with Gasteiger partial charge in [0.2, 0.25) is 0 Å². The summed E-state index contributed by atoms with van der Waals surface area (Å²) in [6.07, 6.45) is 0. The van der Waals surface area contributed by atoms with Crippen molar-refractivity contribution in [1.29, 1.82) is 0 Å². The van der Waals surface area contributed by atoms with Gasteiger partial charge in [-0.15, -0.1) is 0 Å². The number of nitrogens with one attached hydrogen (secondary N) is 2. The summed E-state index contributed by atoms with van der Waals surface area (Å²) in [6, 6.07) is 60.9. The predicted molar refractivity (Wildman–Crippen MR) is 353 cm³/mol. The molecule has 13 rings (SSSR count). The van der Waals surface area contributed by atoms with Gasteiger partial charge < -0.3 is 9.97 Å². The van der Waals surface area contributed by atoms with E-state index in [2.05, 4.69) is 263 Å². The molecule has 5 heterocycles. The molecule has 2 aliphatic heterocycles. The second-order valence-corrected chi connectivity index (χ2v) is 30.3. The molecule has 11 aromatic rings. The van der Waals surface area contributed by atoms with Crippen molar-refractivity contribution in [3.05, 3.63) is 192 Å². The molecule has 0 unspecified atom stereocenters. The largest absolute Gasteiger partial charge is 0.324 e. The summed E-state index contributed by atoms with van der Waals surface area (Å²) >= 11 is 6.93. The fourth-order valence-electron chi connectivity index (χ4n) is 10.7. The van der Waals surface area contributed by atoms with Crippen LogP contribution in [0, 0.1) is 0 Å². The van der Waals surface area contributed by atoms with Crippen LogP contribution in [0.15, 0.2) is 209 Å². The molecule has 0 amide bonds. The first-order chi connectivity index (χ1) is 40.1. The lowest BCUT2D eigenvalue weighted by molar-refractivity contribution is 0.589. The molecule has 0 saturated carbocycles. The first-order valence-electron chi connectivity index (χ1n) is 28.6. The molecular formula is C72H66N8S4. The minimum atomic E-state index is -0.211. The Morgan fingerprint density at radius 3 is 0.869 bits per heavy atom. The standard InChI is InChI=1S/C72H66N8S4/c1-69(2,3)41-33-49-57(53(37-41)81-45-25-17-13-18-26-45)65-73-61(49)77-66-58-50(34-42(70(4,5)6)38-54(58)82-46-27-19-14-20-28-46)63(74-66)79-68-60-52(36-44(72(10,11)12)40-56(60)84-48-31-23-16-24-32-48)64(76-68)80-67-59-51(62(75-67)78-65)35-43(71(7,8)9)39-55(59)83-47-29-21-15-22-30-47/h13-40H,1-12H3,(H2,73,74,75,76,77,78,79,80). The maximum atomic E-state index is 5.77. The fraction of sp³-hybridized carbons (Fsp3) is 0.222. The highest BCUT2D eigenvalue weighted by atomic mass is 32.2. The van der Waals surface area contributed by atoms with Crippen LogP contribution in [0.1, 0.15) is 105 Å². The number of aromatic amines is 2. The van der Waals surface area contributed by atoms with E-state index in [1.807, 2.05) is 0 Å². The third-order valence-electron chi connectivity index (χ3n) is 15.4. The van der Waals surface area contributed by atoms with Crippen LogP contribution in [0.4, 0.5) is 0 Å². The zero-order chi connectivity index (χ0) is 58.5. The lowest BCUT2D eigenvalue weighted by atomic mass is 9.85. The van der Waals surface area contributed by atoms with Gasteiger partial charge in [0.1, 0.15) is 22.6 Å². The topological polar surface area (TPSA) is 109 Å². The summed E-state index contributed by atoms with van der Waals surface area (Å²) in [5.74, 6) is 2.26. The fourth-order valence-corrected chi connectivity index (χ4v) is 14.8. The number of fused-ring (bicyclic) bond motifs is 20. The summed E-state index contributed by atoms with van der Waals surface area (Å²) in [4.78, 5) is 50.8. The summed E-state index contributed by atoms with van der Waals surface area (Å²) < 4.78 is 0. The SMILES string of the molecule is CC(C)(C)c1cc(Sc2ccccc2)c2c(c1)-c1nc-2nc2[nH]c(nc3nc(nc4[nH]c(n1)c1c(Sc5ccccc5)cc(C(C)(C)C)cc41)-c1c(Sc4ccccc4)cc(C(C)(C)C)cc1-3)c1c(Sc3ccccc3)cc(C(C)(C)C)cc21. The number of nitrogens with zero attached hydrogens (tertiary/aromatic N) is 6. The Labute approximate surface area is 509 Å². The van der Waals surface area contributed by atoms with Crippen LogP contribution in [-0.4, -0.2) is 39.9 Å². The zero-order valence-corrected chi connectivity index (χ0v) is 52.7. The van der Waals surface area contributed by atoms with E-state index in [9.17, 15) is 0 Å². The molecule has 0 fully saturated rings. The highest BCUT2D eigenvalue weighted by Gasteiger charge is 2.32. The lowest BCUT2D eigenvalue weighted by Crippen LogP contribution is -2.11. The van der Waals surface area contributed by atoms with E-state index in [0.717, 1.165) is 83.0 Å². The minimum absolute atomic E-state index is 0.208. The quantitative estimate of drug-likeness (QED) is 0.153. The Balaban J connectivity index is 1.24. The maximum absolute atomic E-state index is 5.77. The van der Waals surface area contributed by atoms with E-state index in [4.69, 9.17) is 29.9 Å². The van der Waals surface area contributed by atoms with Crippen molar-refractivity contribution in [3.8, 4) is 45.6 Å². The average molecular weight is 1170 g/mol. The minimum Gasteiger partial charge on any atom is -0.324 e. The van der Waals surface area contributed by atoms with Crippen LogP contribution in [0.25, 0.3) is 89.7 Å². The Hall–Kier alpha value is -7.48. The van der Waals surface area contributed by atoms with Crippen molar-refractivity contribution < 1.29 is 0 Å². The van der Waals surface area contributed by atoms with Crippen molar-refractivity contribution in [2.75, 3.05) is 0 Å². The molecular weight excluding hydrogens is 1110 g/mol. The van der Waals surface area contributed by atoms with Gasteiger partial charge in [0.25, 0.3) is 0 Å². The molecule has 12 heteroatoms. The number of hydrogen-bond acceptors (Lipinski definition) is 10. The van der Waals surface area contributed by atoms with Crippen LogP contribution >= 0.6 is 47.0 Å². The van der Waals surface area contributed by atoms with Gasteiger partial charge in [-0.2, -0.15) is 0 Å². The van der Waals surface area contributed by atoms with E-state index in [1.165, 1.54) is 22.3 Å². The van der Waals surface area contributed by atoms with Crippen molar-refractivity contribution in [1.82, 2.24) is 39.9 Å². The number of benzene rings is 8. The Morgan fingerprint density at radius 1 is 0.286 bits per heavy atom. The maximum Gasteiger partial charge on any atom is 0.165 e. The Kier molecular flexibility index (Phi) is 14.1. The van der Waals surface area contributed by atoms with Crippen LogP contribution in [-0.2, 0) is 21.7 Å². The molecule has 0 aliphatic carbocycles. The monoisotopic (exact) mass is 1170 g/mol. The molecule has 2 aliphatic rings. The van der Waals surface area contributed by atoms with Crippen molar-refractivity contribution in [2.45, 2.75) is 144 Å². The second-order valence-electron chi connectivity index (χ2n) is 25.9. The molecule has 0 spiro atoms. The normalized spacial score (nSPS) is 12.7. The van der Waals surface area contributed by atoms with Crippen LogP contribution in [0.2, 0.25) is 0 Å². The number of hydrogen-bond donors (Lipinski definition) is 2. The highest BCUT2D eigenvalue weighted by molar-refractivity contribution is 8.00. The summed E-state index contributed by atoms with van der Waals surface area (Å²) in [5, 5.41) is 3.78. The second kappa shape index (κ2) is 21.2. The zero-order valence-electron chi connectivity index (χ0n) is 49.5. The number of rotatable bonds is 8. The average Bonchev–Trinajstić information content (AvgIpc) is 4.15. The molecule has 0 saturated heterocycles. The van der Waals surface area contributed by atoms with Gasteiger partial charge in [0.05, 0.1) is 0 Å². The molecule has 2 N–H and O–H groups in total. The van der Waals surface area contributed by atoms with E-state index >= 15 is 0 Å². The van der Waals surface area contributed by atoms with Gasteiger partial charge in [0, 0.05) is 83.0 Å². The molecule has 8 nitrogen and oxygen atoms in total. The molecule has 8 bridgehead atoms. The lowest BCUT2D eigenvalue weighted by Gasteiger charge is -2.22. The molecule has 0 atom stereocenters. The van der Waals surface area contributed by atoms with E-state index in [-0.39, 0.29) is 21.7 Å². The van der Waals surface area contributed by atoms with Crippen molar-refractivity contribution >= 4 is 91.2 Å². The predicted octanol–water partition coefficient (Wildman–Crippen LogP) is 20.7. The van der Waals surface area contributed by atoms with Crippen LogP contribution < -0.4 is 0 Å². The highest BCUT2D eigenvalue weighted by Crippen LogP contribution is 2.50. The van der Waals surface area contributed by atoms with Gasteiger partial charge >= 0.3 is 0 Å². The van der Waals surface area contributed by atoms with Crippen LogP contribution in [0.5, 0.6) is 0 Å². The molecule has 8 aromatic carbocycles. The van der Waals surface area contributed by atoms with Crippen molar-refractivity contribution in [3.63, 3.8) is 0 Å².